The third-order valence-electron chi connectivity index (χ3n) is 3.92. The van der Waals surface area contributed by atoms with Crippen LogP contribution in [0, 0.1) is 0 Å². The highest BCUT2D eigenvalue weighted by Gasteiger charge is 2.11. The highest BCUT2D eigenvalue weighted by Crippen LogP contribution is 2.27. The van der Waals surface area contributed by atoms with Gasteiger partial charge in [-0.1, -0.05) is 24.6 Å². The number of aromatic nitrogens is 5. The molecule has 0 aliphatic rings. The molecule has 1 aromatic carbocycles. The summed E-state index contributed by atoms with van der Waals surface area (Å²) < 4.78 is 2.08. The second-order valence-electron chi connectivity index (χ2n) is 5.29. The maximum Gasteiger partial charge on any atom is 0.159 e. The van der Waals surface area contributed by atoms with Crippen LogP contribution in [0.5, 0.6) is 0 Å². The summed E-state index contributed by atoms with van der Waals surface area (Å²) in [4.78, 5) is 8.58. The van der Waals surface area contributed by atoms with Crippen molar-refractivity contribution in [2.24, 2.45) is 0 Å². The van der Waals surface area contributed by atoms with Gasteiger partial charge in [-0.2, -0.15) is 5.10 Å². The van der Waals surface area contributed by atoms with Crippen LogP contribution >= 0.6 is 11.6 Å². The molecule has 0 amide bonds. The van der Waals surface area contributed by atoms with Gasteiger partial charge >= 0.3 is 0 Å². The Morgan fingerprint density at radius 3 is 3.00 bits per heavy atom. The number of halogens is 1. The smallest absolute Gasteiger partial charge is 0.159 e. The van der Waals surface area contributed by atoms with Gasteiger partial charge < -0.3 is 4.57 Å². The van der Waals surface area contributed by atoms with Crippen LogP contribution in [-0.4, -0.2) is 24.7 Å². The summed E-state index contributed by atoms with van der Waals surface area (Å²) in [6.07, 6.45) is 8.32. The summed E-state index contributed by atoms with van der Waals surface area (Å²) in [5, 5.41) is 8.55. The van der Waals surface area contributed by atoms with E-state index in [1.807, 2.05) is 24.4 Å². The first-order chi connectivity index (χ1) is 11.3. The molecule has 0 spiro atoms. The molecule has 0 unspecified atom stereocenters. The van der Waals surface area contributed by atoms with Crippen molar-refractivity contribution >= 4 is 22.6 Å². The molecular weight excluding hydrogens is 310 g/mol. The van der Waals surface area contributed by atoms with E-state index in [-0.39, 0.29) is 0 Å². The molecule has 0 saturated heterocycles. The maximum atomic E-state index is 6.16. The Balaban J connectivity index is 1.84. The number of aromatic amines is 1. The van der Waals surface area contributed by atoms with Crippen molar-refractivity contribution in [1.29, 1.82) is 0 Å². The SMILES string of the molecule is CCc1ccc(Cl)cc1-n1ccc(-c2ncnc3[nH]ncc23)c1. The maximum absolute atomic E-state index is 6.16. The van der Waals surface area contributed by atoms with Crippen LogP contribution in [0.3, 0.4) is 0 Å². The lowest BCUT2D eigenvalue weighted by molar-refractivity contribution is 1.02. The van der Waals surface area contributed by atoms with Gasteiger partial charge in [-0.15, -0.1) is 0 Å². The summed E-state index contributed by atoms with van der Waals surface area (Å²) >= 11 is 6.16. The van der Waals surface area contributed by atoms with Crippen molar-refractivity contribution in [2.45, 2.75) is 13.3 Å². The predicted octanol–water partition coefficient (Wildman–Crippen LogP) is 4.03. The van der Waals surface area contributed by atoms with Crippen molar-refractivity contribution in [3.8, 4) is 16.9 Å². The molecule has 4 aromatic rings. The Labute approximate surface area is 138 Å². The van der Waals surface area contributed by atoms with Crippen LogP contribution in [0.25, 0.3) is 28.0 Å². The van der Waals surface area contributed by atoms with Gasteiger partial charge in [-0.25, -0.2) is 9.97 Å². The second-order valence-corrected chi connectivity index (χ2v) is 5.73. The largest absolute Gasteiger partial charge is 0.323 e. The molecule has 1 N–H and O–H groups in total. The average Bonchev–Trinajstić information content (AvgIpc) is 3.23. The molecule has 0 radical (unpaired) electrons. The minimum Gasteiger partial charge on any atom is -0.323 e. The van der Waals surface area contributed by atoms with Gasteiger partial charge in [0.15, 0.2) is 5.65 Å². The van der Waals surface area contributed by atoms with Crippen molar-refractivity contribution in [2.75, 3.05) is 0 Å². The molecule has 6 heteroatoms. The number of nitrogens with zero attached hydrogens (tertiary/aromatic N) is 4. The van der Waals surface area contributed by atoms with Crippen molar-refractivity contribution in [1.82, 2.24) is 24.7 Å². The fraction of sp³-hybridized carbons (Fsp3) is 0.118. The highest BCUT2D eigenvalue weighted by molar-refractivity contribution is 6.30. The van der Waals surface area contributed by atoms with Crippen LogP contribution in [0.1, 0.15) is 12.5 Å². The molecule has 0 aliphatic carbocycles. The van der Waals surface area contributed by atoms with Gasteiger partial charge in [0.1, 0.15) is 6.33 Å². The predicted molar refractivity (Wildman–Crippen MR) is 90.8 cm³/mol. The third kappa shape index (κ3) is 2.39. The summed E-state index contributed by atoms with van der Waals surface area (Å²) in [5.41, 5.74) is 4.94. The Hall–Kier alpha value is -2.66. The summed E-state index contributed by atoms with van der Waals surface area (Å²) in [6.45, 7) is 2.14. The monoisotopic (exact) mass is 323 g/mol. The normalized spacial score (nSPS) is 11.2. The van der Waals surface area contributed by atoms with Gasteiger partial charge in [0.25, 0.3) is 0 Å². The van der Waals surface area contributed by atoms with Crippen LogP contribution in [-0.2, 0) is 6.42 Å². The number of benzene rings is 1. The van der Waals surface area contributed by atoms with Crippen molar-refractivity contribution in [3.63, 3.8) is 0 Å². The molecular formula is C17H14ClN5. The quantitative estimate of drug-likeness (QED) is 0.619. The first-order valence-corrected chi connectivity index (χ1v) is 7.75. The van der Waals surface area contributed by atoms with E-state index in [0.717, 1.165) is 39.4 Å². The third-order valence-corrected chi connectivity index (χ3v) is 4.16. The average molecular weight is 324 g/mol. The number of fused-ring (bicyclic) bond motifs is 1. The molecule has 3 heterocycles. The summed E-state index contributed by atoms with van der Waals surface area (Å²) in [5.74, 6) is 0. The lowest BCUT2D eigenvalue weighted by Crippen LogP contribution is -1.96. The molecule has 0 atom stereocenters. The van der Waals surface area contributed by atoms with Crippen LogP contribution in [0.4, 0.5) is 0 Å². The molecule has 23 heavy (non-hydrogen) atoms. The fourth-order valence-corrected chi connectivity index (χ4v) is 2.92. The Morgan fingerprint density at radius 1 is 1.22 bits per heavy atom. The van der Waals surface area contributed by atoms with E-state index in [4.69, 9.17) is 11.6 Å². The Kier molecular flexibility index (Phi) is 3.35. The molecule has 114 valence electrons. The minimum absolute atomic E-state index is 0.728. The zero-order valence-corrected chi connectivity index (χ0v) is 13.2. The van der Waals surface area contributed by atoms with E-state index in [2.05, 4.69) is 43.9 Å². The second kappa shape index (κ2) is 5.52. The van der Waals surface area contributed by atoms with E-state index in [1.165, 1.54) is 5.56 Å². The number of H-pyrrole nitrogens is 1. The van der Waals surface area contributed by atoms with Gasteiger partial charge in [-0.05, 0) is 30.2 Å². The number of rotatable bonds is 3. The Morgan fingerprint density at radius 2 is 2.13 bits per heavy atom. The van der Waals surface area contributed by atoms with Crippen molar-refractivity contribution in [3.05, 3.63) is 59.8 Å². The molecule has 0 bridgehead atoms. The topological polar surface area (TPSA) is 59.4 Å². The van der Waals surface area contributed by atoms with Gasteiger partial charge in [0.05, 0.1) is 17.3 Å². The highest BCUT2D eigenvalue weighted by atomic mass is 35.5. The number of nitrogens with one attached hydrogen (secondary N) is 1. The van der Waals surface area contributed by atoms with Crippen LogP contribution < -0.4 is 0 Å². The first kappa shape index (κ1) is 14.0. The standard InChI is InChI=1S/C17H14ClN5/c1-2-11-3-4-13(18)7-15(11)23-6-5-12(9-23)16-14-8-21-22-17(14)20-10-19-16/h3-10H,2H2,1H3,(H,19,20,21,22). The molecule has 3 aromatic heterocycles. The zero-order valence-electron chi connectivity index (χ0n) is 12.5. The summed E-state index contributed by atoms with van der Waals surface area (Å²) in [7, 11) is 0. The van der Waals surface area contributed by atoms with E-state index in [1.54, 1.807) is 12.5 Å². The number of hydrogen-bond acceptors (Lipinski definition) is 3. The molecule has 0 aliphatic heterocycles. The molecule has 0 saturated carbocycles. The van der Waals surface area contributed by atoms with E-state index in [0.29, 0.717) is 0 Å². The number of aryl methyl sites for hydroxylation is 1. The summed E-state index contributed by atoms with van der Waals surface area (Å²) in [6, 6.07) is 8.01. The molecule has 0 fully saturated rings. The van der Waals surface area contributed by atoms with Crippen LogP contribution in [0.2, 0.25) is 5.02 Å². The lowest BCUT2D eigenvalue weighted by Gasteiger charge is -2.09. The van der Waals surface area contributed by atoms with Gasteiger partial charge in [0, 0.05) is 28.7 Å². The lowest BCUT2D eigenvalue weighted by atomic mass is 10.1. The van der Waals surface area contributed by atoms with Crippen molar-refractivity contribution < 1.29 is 0 Å². The minimum atomic E-state index is 0.728. The van der Waals surface area contributed by atoms with Crippen LogP contribution in [0.15, 0.2) is 49.2 Å². The molecule has 5 nitrogen and oxygen atoms in total. The first-order valence-electron chi connectivity index (χ1n) is 7.37. The van der Waals surface area contributed by atoms with E-state index >= 15 is 0 Å². The van der Waals surface area contributed by atoms with E-state index < -0.39 is 0 Å². The van der Waals surface area contributed by atoms with E-state index in [9.17, 15) is 0 Å². The fourth-order valence-electron chi connectivity index (χ4n) is 2.76. The van der Waals surface area contributed by atoms with Gasteiger partial charge in [0.2, 0.25) is 0 Å². The number of hydrogen-bond donors (Lipinski definition) is 1. The van der Waals surface area contributed by atoms with Gasteiger partial charge in [-0.3, -0.25) is 5.10 Å². The molecule has 4 rings (SSSR count). The Bertz CT molecular complexity index is 985. The zero-order chi connectivity index (χ0) is 15.8.